The summed E-state index contributed by atoms with van der Waals surface area (Å²) >= 11 is 0. The van der Waals surface area contributed by atoms with E-state index in [0.717, 1.165) is 18.6 Å². The molecule has 1 aromatic carbocycles. The van der Waals surface area contributed by atoms with Crippen molar-refractivity contribution in [3.05, 3.63) is 29.8 Å². The molecule has 1 fully saturated rings. The Morgan fingerprint density at radius 3 is 2.83 bits per heavy atom. The highest BCUT2D eigenvalue weighted by molar-refractivity contribution is 5.84. The molecule has 2 atom stereocenters. The molecule has 18 heavy (non-hydrogen) atoms. The fourth-order valence-electron chi connectivity index (χ4n) is 2.44. The van der Waals surface area contributed by atoms with E-state index in [2.05, 4.69) is 6.92 Å². The Bertz CT molecular complexity index is 447. The third-order valence-corrected chi connectivity index (χ3v) is 3.64. The number of carbonyl (C=O) groups is 1. The van der Waals surface area contributed by atoms with Crippen molar-refractivity contribution >= 4 is 5.91 Å². The molecule has 1 aliphatic rings. The van der Waals surface area contributed by atoms with Crippen molar-refractivity contribution in [3.63, 3.8) is 0 Å². The van der Waals surface area contributed by atoms with Crippen molar-refractivity contribution in [2.24, 2.45) is 11.5 Å². The standard InChI is InChI=1S/C14H20N2O2/c1-2-10-5-3-4-6-12(10)18-11-7-8-14(16,9-11)13(15)17/h3-6,11H,2,7-9,16H2,1H3,(H2,15,17). The van der Waals surface area contributed by atoms with E-state index in [1.807, 2.05) is 24.3 Å². The fourth-order valence-corrected chi connectivity index (χ4v) is 2.44. The average Bonchev–Trinajstić information content (AvgIpc) is 2.73. The number of aryl methyl sites for hydroxylation is 1. The van der Waals surface area contributed by atoms with E-state index >= 15 is 0 Å². The van der Waals surface area contributed by atoms with E-state index in [9.17, 15) is 4.79 Å². The molecule has 98 valence electrons. The SMILES string of the molecule is CCc1ccccc1OC1CCC(N)(C(N)=O)C1. The predicted octanol–water partition coefficient (Wildman–Crippen LogP) is 1.36. The molecule has 2 unspecified atom stereocenters. The van der Waals surface area contributed by atoms with Gasteiger partial charge in [-0.05, 0) is 30.9 Å². The van der Waals surface area contributed by atoms with Crippen molar-refractivity contribution in [1.29, 1.82) is 0 Å². The normalized spacial score (nSPS) is 27.1. The molecule has 1 saturated carbocycles. The number of nitrogens with two attached hydrogens (primary N) is 2. The van der Waals surface area contributed by atoms with Crippen molar-refractivity contribution in [1.82, 2.24) is 0 Å². The first-order valence-electron chi connectivity index (χ1n) is 6.38. The molecule has 4 nitrogen and oxygen atoms in total. The Balaban J connectivity index is 2.06. The van der Waals surface area contributed by atoms with E-state index in [1.165, 1.54) is 5.56 Å². The van der Waals surface area contributed by atoms with Gasteiger partial charge in [0.15, 0.2) is 0 Å². The van der Waals surface area contributed by atoms with Gasteiger partial charge in [-0.1, -0.05) is 25.1 Å². The van der Waals surface area contributed by atoms with Crippen LogP contribution in [0.2, 0.25) is 0 Å². The second kappa shape index (κ2) is 4.98. The largest absolute Gasteiger partial charge is 0.490 e. The topological polar surface area (TPSA) is 78.3 Å². The summed E-state index contributed by atoms with van der Waals surface area (Å²) in [7, 11) is 0. The third kappa shape index (κ3) is 2.48. The molecular formula is C14H20N2O2. The Morgan fingerprint density at radius 1 is 1.50 bits per heavy atom. The summed E-state index contributed by atoms with van der Waals surface area (Å²) in [6.45, 7) is 2.09. The molecule has 4 N–H and O–H groups in total. The third-order valence-electron chi connectivity index (χ3n) is 3.64. The molecule has 0 aliphatic heterocycles. The minimum atomic E-state index is -0.897. The Morgan fingerprint density at radius 2 is 2.22 bits per heavy atom. The molecular weight excluding hydrogens is 228 g/mol. The quantitative estimate of drug-likeness (QED) is 0.844. The van der Waals surface area contributed by atoms with Gasteiger partial charge in [0, 0.05) is 6.42 Å². The van der Waals surface area contributed by atoms with Crippen LogP contribution in [-0.2, 0) is 11.2 Å². The first kappa shape index (κ1) is 12.9. The molecule has 0 radical (unpaired) electrons. The summed E-state index contributed by atoms with van der Waals surface area (Å²) < 4.78 is 5.96. The fraction of sp³-hybridized carbons (Fsp3) is 0.500. The van der Waals surface area contributed by atoms with E-state index in [4.69, 9.17) is 16.2 Å². The van der Waals surface area contributed by atoms with Crippen LogP contribution in [0.1, 0.15) is 31.7 Å². The number of ether oxygens (including phenoxy) is 1. The molecule has 0 heterocycles. The smallest absolute Gasteiger partial charge is 0.237 e. The van der Waals surface area contributed by atoms with Crippen LogP contribution in [0, 0.1) is 0 Å². The van der Waals surface area contributed by atoms with Crippen LogP contribution < -0.4 is 16.2 Å². The van der Waals surface area contributed by atoms with Crippen molar-refractivity contribution < 1.29 is 9.53 Å². The molecule has 2 rings (SSSR count). The summed E-state index contributed by atoms with van der Waals surface area (Å²) in [6.07, 6.45) is 2.78. The lowest BCUT2D eigenvalue weighted by molar-refractivity contribution is -0.123. The van der Waals surface area contributed by atoms with Crippen LogP contribution in [-0.4, -0.2) is 17.6 Å². The molecule has 0 saturated heterocycles. The number of rotatable bonds is 4. The highest BCUT2D eigenvalue weighted by Crippen LogP contribution is 2.32. The zero-order valence-electron chi connectivity index (χ0n) is 10.7. The van der Waals surface area contributed by atoms with Gasteiger partial charge in [0.05, 0.1) is 5.54 Å². The number of para-hydroxylation sites is 1. The summed E-state index contributed by atoms with van der Waals surface area (Å²) in [6, 6.07) is 7.96. The van der Waals surface area contributed by atoms with E-state index in [0.29, 0.717) is 12.8 Å². The first-order chi connectivity index (χ1) is 8.55. The maximum Gasteiger partial charge on any atom is 0.237 e. The van der Waals surface area contributed by atoms with E-state index in [-0.39, 0.29) is 6.10 Å². The van der Waals surface area contributed by atoms with Crippen molar-refractivity contribution in [2.75, 3.05) is 0 Å². The highest BCUT2D eigenvalue weighted by Gasteiger charge is 2.41. The lowest BCUT2D eigenvalue weighted by Crippen LogP contribution is -2.50. The molecule has 1 aliphatic carbocycles. The molecule has 0 bridgehead atoms. The van der Waals surface area contributed by atoms with Crippen molar-refractivity contribution in [2.45, 2.75) is 44.2 Å². The van der Waals surface area contributed by atoms with Crippen molar-refractivity contribution in [3.8, 4) is 5.75 Å². The first-order valence-corrected chi connectivity index (χ1v) is 6.38. The van der Waals surface area contributed by atoms with Gasteiger partial charge >= 0.3 is 0 Å². The Labute approximate surface area is 107 Å². The van der Waals surface area contributed by atoms with Gasteiger partial charge in [-0.25, -0.2) is 0 Å². The molecule has 0 spiro atoms. The predicted molar refractivity (Wildman–Crippen MR) is 70.2 cm³/mol. The van der Waals surface area contributed by atoms with Crippen LogP contribution in [0.15, 0.2) is 24.3 Å². The van der Waals surface area contributed by atoms with Crippen LogP contribution in [0.4, 0.5) is 0 Å². The summed E-state index contributed by atoms with van der Waals surface area (Å²) in [5.74, 6) is 0.455. The lowest BCUT2D eigenvalue weighted by atomic mass is 9.99. The maximum absolute atomic E-state index is 11.3. The monoisotopic (exact) mass is 248 g/mol. The van der Waals surface area contributed by atoms with Gasteiger partial charge in [-0.15, -0.1) is 0 Å². The second-order valence-corrected chi connectivity index (χ2v) is 4.96. The van der Waals surface area contributed by atoms with Crippen LogP contribution in [0.3, 0.4) is 0 Å². The number of hydrogen-bond donors (Lipinski definition) is 2. The van der Waals surface area contributed by atoms with E-state index in [1.54, 1.807) is 0 Å². The minimum absolute atomic E-state index is 0.0183. The number of amides is 1. The lowest BCUT2D eigenvalue weighted by Gasteiger charge is -2.20. The Hall–Kier alpha value is -1.55. The Kier molecular flexibility index (Phi) is 3.57. The maximum atomic E-state index is 11.3. The van der Waals surface area contributed by atoms with Crippen LogP contribution in [0.25, 0.3) is 0 Å². The van der Waals surface area contributed by atoms with Gasteiger partial charge in [-0.2, -0.15) is 0 Å². The molecule has 1 aromatic rings. The van der Waals surface area contributed by atoms with Crippen LogP contribution in [0.5, 0.6) is 5.75 Å². The summed E-state index contributed by atoms with van der Waals surface area (Å²) in [4.78, 5) is 11.3. The minimum Gasteiger partial charge on any atom is -0.490 e. The molecule has 4 heteroatoms. The van der Waals surface area contributed by atoms with Gasteiger partial charge in [0.2, 0.25) is 5.91 Å². The summed E-state index contributed by atoms with van der Waals surface area (Å²) in [5.41, 5.74) is 11.6. The zero-order chi connectivity index (χ0) is 13.2. The molecule has 0 aromatic heterocycles. The highest BCUT2D eigenvalue weighted by atomic mass is 16.5. The number of carbonyl (C=O) groups excluding carboxylic acids is 1. The average molecular weight is 248 g/mol. The number of benzene rings is 1. The van der Waals surface area contributed by atoms with Crippen LogP contribution >= 0.6 is 0 Å². The second-order valence-electron chi connectivity index (χ2n) is 4.96. The van der Waals surface area contributed by atoms with Gasteiger partial charge in [0.25, 0.3) is 0 Å². The number of hydrogen-bond acceptors (Lipinski definition) is 3. The number of primary amides is 1. The summed E-state index contributed by atoms with van der Waals surface area (Å²) in [5, 5.41) is 0. The van der Waals surface area contributed by atoms with Gasteiger partial charge in [-0.3, -0.25) is 4.79 Å². The van der Waals surface area contributed by atoms with Gasteiger partial charge in [0.1, 0.15) is 11.9 Å². The molecule has 1 amide bonds. The van der Waals surface area contributed by atoms with E-state index < -0.39 is 11.4 Å². The zero-order valence-corrected chi connectivity index (χ0v) is 10.7. The van der Waals surface area contributed by atoms with Gasteiger partial charge < -0.3 is 16.2 Å².